The minimum atomic E-state index is 0. The molecule has 2 fully saturated rings. The molecule has 0 atom stereocenters. The lowest BCUT2D eigenvalue weighted by atomic mass is 9.97. The Kier molecular flexibility index (Phi) is 5.30. The summed E-state index contributed by atoms with van der Waals surface area (Å²) in [5.41, 5.74) is 0.814. The lowest BCUT2D eigenvalue weighted by Gasteiger charge is -2.38. The first-order chi connectivity index (χ1) is 10.9. The smallest absolute Gasteiger partial charge is 0.175 e. The van der Waals surface area contributed by atoms with Crippen LogP contribution in [0.1, 0.15) is 12.8 Å². The highest BCUT2D eigenvalue weighted by molar-refractivity contribution is 5.85. The summed E-state index contributed by atoms with van der Waals surface area (Å²) in [6.45, 7) is 7.93. The van der Waals surface area contributed by atoms with Gasteiger partial charge in [-0.3, -0.25) is 9.88 Å². The van der Waals surface area contributed by atoms with Crippen molar-refractivity contribution in [2.75, 3.05) is 50.7 Å². The van der Waals surface area contributed by atoms with E-state index in [2.05, 4.69) is 30.2 Å². The SMILES string of the molecule is Cl.c1nc2cncc(N3CCN(CC4CCNCC4)CC3)n2n1. The lowest BCUT2D eigenvalue weighted by molar-refractivity contribution is 0.196. The summed E-state index contributed by atoms with van der Waals surface area (Å²) in [4.78, 5) is 13.5. The number of nitrogens with one attached hydrogen (secondary N) is 1. The molecule has 126 valence electrons. The number of anilines is 1. The van der Waals surface area contributed by atoms with E-state index in [1.54, 1.807) is 12.5 Å². The third kappa shape index (κ3) is 3.57. The number of nitrogens with zero attached hydrogens (tertiary/aromatic N) is 6. The Morgan fingerprint density at radius 1 is 1.09 bits per heavy atom. The summed E-state index contributed by atoms with van der Waals surface area (Å²) in [6, 6.07) is 0. The van der Waals surface area contributed by atoms with Crippen molar-refractivity contribution >= 4 is 23.9 Å². The van der Waals surface area contributed by atoms with E-state index >= 15 is 0 Å². The number of hydrogen-bond donors (Lipinski definition) is 1. The molecule has 2 aromatic rings. The van der Waals surface area contributed by atoms with Crippen molar-refractivity contribution in [3.8, 4) is 0 Å². The molecule has 0 saturated carbocycles. The highest BCUT2D eigenvalue weighted by Crippen LogP contribution is 2.18. The molecule has 7 nitrogen and oxygen atoms in total. The number of halogens is 1. The van der Waals surface area contributed by atoms with Crippen molar-refractivity contribution in [3.63, 3.8) is 0 Å². The summed E-state index contributed by atoms with van der Waals surface area (Å²) in [7, 11) is 0. The van der Waals surface area contributed by atoms with E-state index in [0.717, 1.165) is 43.6 Å². The molecule has 2 aliphatic heterocycles. The molecule has 4 heterocycles. The average Bonchev–Trinajstić information content (AvgIpc) is 3.05. The van der Waals surface area contributed by atoms with E-state index < -0.39 is 0 Å². The van der Waals surface area contributed by atoms with E-state index in [4.69, 9.17) is 0 Å². The maximum Gasteiger partial charge on any atom is 0.175 e. The fourth-order valence-corrected chi connectivity index (χ4v) is 3.54. The first-order valence-corrected chi connectivity index (χ1v) is 8.22. The van der Waals surface area contributed by atoms with Crippen LogP contribution in [0.4, 0.5) is 5.82 Å². The number of piperazine rings is 1. The standard InChI is InChI=1S/C15H23N7.ClH/c1-3-16-4-2-13(1)11-20-5-7-21(8-6-20)15-10-17-9-14-18-12-19-22(14)15;/h9-10,12-13,16H,1-8,11H2;1H. The van der Waals surface area contributed by atoms with Gasteiger partial charge < -0.3 is 10.2 Å². The molecule has 8 heteroatoms. The molecule has 0 spiro atoms. The largest absolute Gasteiger partial charge is 0.353 e. The number of hydrogen-bond acceptors (Lipinski definition) is 6. The zero-order chi connectivity index (χ0) is 14.8. The summed E-state index contributed by atoms with van der Waals surface area (Å²) in [5, 5.41) is 7.76. The van der Waals surface area contributed by atoms with Crippen molar-refractivity contribution in [2.45, 2.75) is 12.8 Å². The number of rotatable bonds is 3. The predicted octanol–water partition coefficient (Wildman–Crippen LogP) is 0.668. The number of piperidine rings is 1. The monoisotopic (exact) mass is 337 g/mol. The zero-order valence-corrected chi connectivity index (χ0v) is 14.1. The first-order valence-electron chi connectivity index (χ1n) is 8.22. The minimum Gasteiger partial charge on any atom is -0.353 e. The lowest BCUT2D eigenvalue weighted by Crippen LogP contribution is -2.49. The molecule has 2 saturated heterocycles. The van der Waals surface area contributed by atoms with Gasteiger partial charge in [-0.2, -0.15) is 9.61 Å². The van der Waals surface area contributed by atoms with Crippen molar-refractivity contribution < 1.29 is 0 Å². The van der Waals surface area contributed by atoms with E-state index in [0.29, 0.717) is 0 Å². The van der Waals surface area contributed by atoms with Crippen LogP contribution in [0.25, 0.3) is 5.65 Å². The van der Waals surface area contributed by atoms with Crippen molar-refractivity contribution in [2.24, 2.45) is 5.92 Å². The fraction of sp³-hybridized carbons (Fsp3) is 0.667. The van der Waals surface area contributed by atoms with Gasteiger partial charge in [-0.05, 0) is 31.8 Å². The third-order valence-corrected chi connectivity index (χ3v) is 4.84. The van der Waals surface area contributed by atoms with E-state index in [1.165, 1.54) is 32.5 Å². The maximum absolute atomic E-state index is 4.31. The molecule has 23 heavy (non-hydrogen) atoms. The van der Waals surface area contributed by atoms with Gasteiger partial charge >= 0.3 is 0 Å². The second kappa shape index (κ2) is 7.42. The van der Waals surface area contributed by atoms with Gasteiger partial charge in [-0.1, -0.05) is 0 Å². The van der Waals surface area contributed by atoms with E-state index in [9.17, 15) is 0 Å². The molecule has 0 aliphatic carbocycles. The Bertz CT molecular complexity index is 617. The summed E-state index contributed by atoms with van der Waals surface area (Å²) >= 11 is 0. The average molecular weight is 338 g/mol. The zero-order valence-electron chi connectivity index (χ0n) is 13.3. The van der Waals surface area contributed by atoms with Gasteiger partial charge in [-0.15, -0.1) is 12.4 Å². The van der Waals surface area contributed by atoms with Gasteiger partial charge in [0, 0.05) is 32.7 Å². The quantitative estimate of drug-likeness (QED) is 0.888. The van der Waals surface area contributed by atoms with Gasteiger partial charge in [0.25, 0.3) is 0 Å². The van der Waals surface area contributed by atoms with Crippen molar-refractivity contribution in [1.82, 2.24) is 29.8 Å². The minimum absolute atomic E-state index is 0. The van der Waals surface area contributed by atoms with Crippen LogP contribution in [0.3, 0.4) is 0 Å². The maximum atomic E-state index is 4.31. The first kappa shape index (κ1) is 16.4. The Morgan fingerprint density at radius 3 is 2.65 bits per heavy atom. The molecule has 0 radical (unpaired) electrons. The highest BCUT2D eigenvalue weighted by atomic mass is 35.5. The van der Waals surface area contributed by atoms with Crippen molar-refractivity contribution in [1.29, 1.82) is 0 Å². The Labute approximate surface area is 142 Å². The Hall–Kier alpha value is -1.44. The van der Waals surface area contributed by atoms with Gasteiger partial charge in [0.05, 0.1) is 12.4 Å². The molecule has 1 N–H and O–H groups in total. The highest BCUT2D eigenvalue weighted by Gasteiger charge is 2.22. The summed E-state index contributed by atoms with van der Waals surface area (Å²) < 4.78 is 1.88. The van der Waals surface area contributed by atoms with Gasteiger partial charge in [0.15, 0.2) is 11.5 Å². The van der Waals surface area contributed by atoms with E-state index in [1.807, 2.05) is 10.7 Å². The van der Waals surface area contributed by atoms with Crippen molar-refractivity contribution in [3.05, 3.63) is 18.7 Å². The van der Waals surface area contributed by atoms with Gasteiger partial charge in [-0.25, -0.2) is 4.98 Å². The molecule has 0 bridgehead atoms. The molecule has 0 unspecified atom stereocenters. The fourth-order valence-electron chi connectivity index (χ4n) is 3.54. The summed E-state index contributed by atoms with van der Waals surface area (Å²) in [6.07, 6.45) is 7.88. The molecular weight excluding hydrogens is 314 g/mol. The molecule has 2 aliphatic rings. The van der Waals surface area contributed by atoms with Crippen LogP contribution < -0.4 is 10.2 Å². The van der Waals surface area contributed by atoms with Crippen LogP contribution in [-0.2, 0) is 0 Å². The summed E-state index contributed by atoms with van der Waals surface area (Å²) in [5.74, 6) is 1.92. The molecule has 2 aromatic heterocycles. The van der Waals surface area contributed by atoms with Crippen LogP contribution in [0.5, 0.6) is 0 Å². The molecular formula is C15H24ClN7. The van der Waals surface area contributed by atoms with Gasteiger partial charge in [0.2, 0.25) is 0 Å². The number of fused-ring (bicyclic) bond motifs is 1. The number of aromatic nitrogens is 4. The van der Waals surface area contributed by atoms with E-state index in [-0.39, 0.29) is 12.4 Å². The van der Waals surface area contributed by atoms with Crippen LogP contribution in [0.2, 0.25) is 0 Å². The van der Waals surface area contributed by atoms with Crippen LogP contribution >= 0.6 is 12.4 Å². The molecule has 0 aromatic carbocycles. The normalized spacial score (nSPS) is 20.6. The van der Waals surface area contributed by atoms with Crippen LogP contribution in [0.15, 0.2) is 18.7 Å². The molecule has 0 amide bonds. The Morgan fingerprint density at radius 2 is 1.87 bits per heavy atom. The van der Waals surface area contributed by atoms with Gasteiger partial charge in [0.1, 0.15) is 6.33 Å². The second-order valence-corrected chi connectivity index (χ2v) is 6.28. The second-order valence-electron chi connectivity index (χ2n) is 6.28. The molecule has 4 rings (SSSR count). The van der Waals surface area contributed by atoms with Crippen LogP contribution in [0, 0.1) is 5.92 Å². The topological polar surface area (TPSA) is 61.6 Å². The van der Waals surface area contributed by atoms with Crippen LogP contribution in [-0.4, -0.2) is 70.3 Å². The Balaban J connectivity index is 0.00000156. The third-order valence-electron chi connectivity index (χ3n) is 4.84. The predicted molar refractivity (Wildman–Crippen MR) is 92.3 cm³/mol.